The maximum atomic E-state index is 11.8. The van der Waals surface area contributed by atoms with Gasteiger partial charge in [0.25, 0.3) is 5.91 Å². The molecule has 1 aliphatic rings. The molecule has 2 atom stereocenters. The Labute approximate surface area is 142 Å². The zero-order valence-corrected chi connectivity index (χ0v) is 14.1. The zero-order chi connectivity index (χ0) is 17.5. The number of imide groups is 1. The Balaban J connectivity index is 1.73. The number of esters is 1. The standard InChI is InChI=1S/C18H24N2O4/c1-12-7-9-14(10-8-12)17(22)24-11-16(21)20-18(23)19-15-6-4-3-5-13(15)2/h7-10,13,15H,3-6,11H2,1-2H3,(H2,19,20,21,23)/t13-,15-/m1/s1. The normalized spacial score (nSPS) is 20.1. The molecule has 130 valence electrons. The zero-order valence-electron chi connectivity index (χ0n) is 14.1. The van der Waals surface area contributed by atoms with Gasteiger partial charge in [-0.1, -0.05) is 37.5 Å². The van der Waals surface area contributed by atoms with Gasteiger partial charge in [0, 0.05) is 6.04 Å². The van der Waals surface area contributed by atoms with Crippen molar-refractivity contribution in [2.24, 2.45) is 5.92 Å². The van der Waals surface area contributed by atoms with E-state index in [1.807, 2.05) is 6.92 Å². The molecule has 0 saturated heterocycles. The molecule has 6 nitrogen and oxygen atoms in total. The number of ether oxygens (including phenoxy) is 1. The second-order valence-electron chi connectivity index (χ2n) is 6.33. The van der Waals surface area contributed by atoms with Crippen molar-refractivity contribution in [1.82, 2.24) is 10.6 Å². The topological polar surface area (TPSA) is 84.5 Å². The van der Waals surface area contributed by atoms with Crippen molar-refractivity contribution in [1.29, 1.82) is 0 Å². The smallest absolute Gasteiger partial charge is 0.338 e. The van der Waals surface area contributed by atoms with E-state index >= 15 is 0 Å². The van der Waals surface area contributed by atoms with E-state index in [4.69, 9.17) is 4.74 Å². The molecule has 3 amide bonds. The molecule has 2 N–H and O–H groups in total. The highest BCUT2D eigenvalue weighted by Gasteiger charge is 2.23. The lowest BCUT2D eigenvalue weighted by molar-refractivity contribution is -0.123. The molecule has 1 saturated carbocycles. The number of nitrogens with one attached hydrogen (secondary N) is 2. The average molecular weight is 332 g/mol. The fraction of sp³-hybridized carbons (Fsp3) is 0.500. The molecule has 1 aliphatic carbocycles. The number of amides is 3. The summed E-state index contributed by atoms with van der Waals surface area (Å²) in [6.07, 6.45) is 4.25. The van der Waals surface area contributed by atoms with Crippen LogP contribution in [0.1, 0.15) is 48.5 Å². The van der Waals surface area contributed by atoms with Gasteiger partial charge in [0.2, 0.25) is 0 Å². The third-order valence-electron chi connectivity index (χ3n) is 4.30. The number of carbonyl (C=O) groups is 3. The summed E-state index contributed by atoms with van der Waals surface area (Å²) in [5, 5.41) is 5.01. The van der Waals surface area contributed by atoms with E-state index in [1.165, 1.54) is 6.42 Å². The molecule has 0 heterocycles. The van der Waals surface area contributed by atoms with E-state index < -0.39 is 24.5 Å². The number of urea groups is 1. The van der Waals surface area contributed by atoms with Crippen LogP contribution in [0, 0.1) is 12.8 Å². The molecule has 0 unspecified atom stereocenters. The maximum Gasteiger partial charge on any atom is 0.338 e. The van der Waals surface area contributed by atoms with Crippen molar-refractivity contribution in [2.75, 3.05) is 6.61 Å². The first-order valence-corrected chi connectivity index (χ1v) is 8.30. The first-order valence-electron chi connectivity index (χ1n) is 8.30. The number of carbonyl (C=O) groups excluding carboxylic acids is 3. The third-order valence-corrected chi connectivity index (χ3v) is 4.30. The van der Waals surface area contributed by atoms with Gasteiger partial charge >= 0.3 is 12.0 Å². The Morgan fingerprint density at radius 3 is 2.46 bits per heavy atom. The van der Waals surface area contributed by atoms with Gasteiger partial charge in [-0.2, -0.15) is 0 Å². The van der Waals surface area contributed by atoms with Gasteiger partial charge in [-0.3, -0.25) is 10.1 Å². The third kappa shape index (κ3) is 5.37. The predicted molar refractivity (Wildman–Crippen MR) is 89.6 cm³/mol. The van der Waals surface area contributed by atoms with Gasteiger partial charge in [-0.15, -0.1) is 0 Å². The van der Waals surface area contributed by atoms with Crippen molar-refractivity contribution >= 4 is 17.9 Å². The summed E-state index contributed by atoms with van der Waals surface area (Å²) in [6.45, 7) is 3.52. The lowest BCUT2D eigenvalue weighted by Crippen LogP contribution is -2.48. The summed E-state index contributed by atoms with van der Waals surface area (Å²) >= 11 is 0. The lowest BCUT2D eigenvalue weighted by Gasteiger charge is -2.29. The molecular formula is C18H24N2O4. The van der Waals surface area contributed by atoms with E-state index in [2.05, 4.69) is 17.6 Å². The molecule has 1 aromatic rings. The van der Waals surface area contributed by atoms with E-state index in [-0.39, 0.29) is 6.04 Å². The van der Waals surface area contributed by atoms with Crippen molar-refractivity contribution in [3.05, 3.63) is 35.4 Å². The van der Waals surface area contributed by atoms with Gasteiger partial charge < -0.3 is 10.1 Å². The minimum absolute atomic E-state index is 0.0849. The Morgan fingerprint density at radius 1 is 1.12 bits per heavy atom. The van der Waals surface area contributed by atoms with E-state index in [9.17, 15) is 14.4 Å². The van der Waals surface area contributed by atoms with Crippen LogP contribution in [0.15, 0.2) is 24.3 Å². The number of aryl methyl sites for hydroxylation is 1. The van der Waals surface area contributed by atoms with Crippen LogP contribution in [0.3, 0.4) is 0 Å². The Hall–Kier alpha value is -2.37. The van der Waals surface area contributed by atoms with E-state index in [0.29, 0.717) is 11.5 Å². The molecule has 24 heavy (non-hydrogen) atoms. The fourth-order valence-electron chi connectivity index (χ4n) is 2.80. The Bertz CT molecular complexity index is 598. The summed E-state index contributed by atoms with van der Waals surface area (Å²) in [4.78, 5) is 35.4. The number of benzene rings is 1. The van der Waals surface area contributed by atoms with Crippen LogP contribution in [0.5, 0.6) is 0 Å². The van der Waals surface area contributed by atoms with Crippen LogP contribution in [-0.2, 0) is 9.53 Å². The van der Waals surface area contributed by atoms with E-state index in [0.717, 1.165) is 24.8 Å². The minimum atomic E-state index is -0.642. The minimum Gasteiger partial charge on any atom is -0.452 e. The highest BCUT2D eigenvalue weighted by atomic mass is 16.5. The van der Waals surface area contributed by atoms with Crippen LogP contribution in [0.2, 0.25) is 0 Å². The molecular weight excluding hydrogens is 308 g/mol. The van der Waals surface area contributed by atoms with Gasteiger partial charge in [0.1, 0.15) is 0 Å². The van der Waals surface area contributed by atoms with Crippen LogP contribution in [-0.4, -0.2) is 30.6 Å². The molecule has 0 spiro atoms. The SMILES string of the molecule is Cc1ccc(C(=O)OCC(=O)NC(=O)N[C@@H]2CCCC[C@H]2C)cc1. The van der Waals surface area contributed by atoms with Crippen molar-refractivity contribution in [2.45, 2.75) is 45.6 Å². The quantitative estimate of drug-likeness (QED) is 0.830. The molecule has 1 fully saturated rings. The highest BCUT2D eigenvalue weighted by Crippen LogP contribution is 2.23. The first kappa shape index (κ1) is 18.0. The van der Waals surface area contributed by atoms with Gasteiger partial charge in [-0.25, -0.2) is 9.59 Å². The second-order valence-corrected chi connectivity index (χ2v) is 6.33. The average Bonchev–Trinajstić information content (AvgIpc) is 2.55. The molecule has 1 aromatic carbocycles. The summed E-state index contributed by atoms with van der Waals surface area (Å²) in [5.74, 6) is -0.832. The van der Waals surface area contributed by atoms with Crippen molar-refractivity contribution in [3.63, 3.8) is 0 Å². The second kappa shape index (κ2) is 8.47. The monoisotopic (exact) mass is 332 g/mol. The summed E-state index contributed by atoms with van der Waals surface area (Å²) in [6, 6.07) is 6.39. The van der Waals surface area contributed by atoms with Crippen LogP contribution in [0.4, 0.5) is 4.79 Å². The molecule has 0 aromatic heterocycles. The largest absolute Gasteiger partial charge is 0.452 e. The van der Waals surface area contributed by atoms with E-state index in [1.54, 1.807) is 24.3 Å². The summed E-state index contributed by atoms with van der Waals surface area (Å²) in [7, 11) is 0. The van der Waals surface area contributed by atoms with Crippen LogP contribution < -0.4 is 10.6 Å². The summed E-state index contributed by atoms with van der Waals surface area (Å²) < 4.78 is 4.91. The summed E-state index contributed by atoms with van der Waals surface area (Å²) in [5.41, 5.74) is 1.40. The van der Waals surface area contributed by atoms with Gasteiger partial charge in [0.15, 0.2) is 6.61 Å². The van der Waals surface area contributed by atoms with Crippen molar-refractivity contribution < 1.29 is 19.1 Å². The lowest BCUT2D eigenvalue weighted by atomic mass is 9.86. The van der Waals surface area contributed by atoms with Crippen molar-refractivity contribution in [3.8, 4) is 0 Å². The molecule has 2 rings (SSSR count). The number of rotatable bonds is 4. The number of hydrogen-bond donors (Lipinski definition) is 2. The Morgan fingerprint density at radius 2 is 1.79 bits per heavy atom. The van der Waals surface area contributed by atoms with Crippen LogP contribution in [0.25, 0.3) is 0 Å². The predicted octanol–water partition coefficient (Wildman–Crippen LogP) is 2.56. The maximum absolute atomic E-state index is 11.8. The van der Waals surface area contributed by atoms with Crippen LogP contribution >= 0.6 is 0 Å². The van der Waals surface area contributed by atoms with Gasteiger partial charge in [-0.05, 0) is 37.8 Å². The highest BCUT2D eigenvalue weighted by molar-refractivity contribution is 5.97. The first-order chi connectivity index (χ1) is 11.5. The number of hydrogen-bond acceptors (Lipinski definition) is 4. The molecule has 0 bridgehead atoms. The fourth-order valence-corrected chi connectivity index (χ4v) is 2.80. The molecule has 0 radical (unpaired) electrons. The van der Waals surface area contributed by atoms with Gasteiger partial charge in [0.05, 0.1) is 5.56 Å². The Kier molecular flexibility index (Phi) is 6.35. The molecule has 0 aliphatic heterocycles. The molecule has 6 heteroatoms.